The van der Waals surface area contributed by atoms with E-state index in [2.05, 4.69) is 18.5 Å². The molecule has 0 rings (SSSR count). The van der Waals surface area contributed by atoms with E-state index in [1.54, 1.807) is 6.08 Å². The molecule has 0 bridgehead atoms. The van der Waals surface area contributed by atoms with Crippen LogP contribution in [0.2, 0.25) is 0 Å². The van der Waals surface area contributed by atoms with Crippen molar-refractivity contribution in [2.24, 2.45) is 11.7 Å². The van der Waals surface area contributed by atoms with Crippen molar-refractivity contribution < 1.29 is 4.79 Å². The molecule has 3 N–H and O–H groups in total. The van der Waals surface area contributed by atoms with E-state index < -0.39 is 0 Å². The normalized spacial score (nSPS) is 11.9. The molecule has 0 aliphatic heterocycles. The van der Waals surface area contributed by atoms with Crippen LogP contribution in [0, 0.1) is 5.92 Å². The maximum atomic E-state index is 11.5. The van der Waals surface area contributed by atoms with Crippen LogP contribution in [0.4, 0.5) is 0 Å². The molecule has 0 heterocycles. The smallest absolute Gasteiger partial charge is 0.223 e. The van der Waals surface area contributed by atoms with Crippen LogP contribution in [0.1, 0.15) is 26.2 Å². The predicted molar refractivity (Wildman–Crippen MR) is 64.4 cm³/mol. The number of hydrogen-bond acceptors (Lipinski definition) is 2. The van der Waals surface area contributed by atoms with Gasteiger partial charge in [0, 0.05) is 12.5 Å². The van der Waals surface area contributed by atoms with Crippen LogP contribution in [-0.4, -0.2) is 19.0 Å². The van der Waals surface area contributed by atoms with Crippen LogP contribution >= 0.6 is 0 Å². The summed E-state index contributed by atoms with van der Waals surface area (Å²) >= 11 is 0. The Kier molecular flexibility index (Phi) is 7.64. The van der Waals surface area contributed by atoms with Gasteiger partial charge in [0.1, 0.15) is 0 Å². The molecule has 0 radical (unpaired) electrons. The van der Waals surface area contributed by atoms with Gasteiger partial charge in [-0.05, 0) is 25.0 Å². The van der Waals surface area contributed by atoms with E-state index in [-0.39, 0.29) is 11.8 Å². The summed E-state index contributed by atoms with van der Waals surface area (Å²) in [6, 6.07) is 0. The van der Waals surface area contributed by atoms with Gasteiger partial charge < -0.3 is 11.1 Å². The van der Waals surface area contributed by atoms with E-state index >= 15 is 0 Å². The van der Waals surface area contributed by atoms with Crippen molar-refractivity contribution in [1.29, 1.82) is 0 Å². The quantitative estimate of drug-likeness (QED) is 0.472. The molecule has 0 fully saturated rings. The SMILES string of the molecule is C=CC(=C)CNC(=O)[C@@H](C)CCCCN. The van der Waals surface area contributed by atoms with Crippen LogP contribution in [0.25, 0.3) is 0 Å². The average molecular weight is 210 g/mol. The second-order valence-electron chi connectivity index (χ2n) is 3.77. The number of hydrogen-bond donors (Lipinski definition) is 2. The van der Waals surface area contributed by atoms with E-state index in [1.807, 2.05) is 6.92 Å². The summed E-state index contributed by atoms with van der Waals surface area (Å²) in [6.07, 6.45) is 4.54. The van der Waals surface area contributed by atoms with Crippen molar-refractivity contribution in [2.75, 3.05) is 13.1 Å². The van der Waals surface area contributed by atoms with Gasteiger partial charge in [-0.3, -0.25) is 4.79 Å². The zero-order valence-corrected chi connectivity index (χ0v) is 9.59. The highest BCUT2D eigenvalue weighted by atomic mass is 16.1. The molecule has 0 saturated carbocycles. The lowest BCUT2D eigenvalue weighted by molar-refractivity contribution is -0.124. The molecule has 0 saturated heterocycles. The summed E-state index contributed by atoms with van der Waals surface area (Å²) in [5.41, 5.74) is 6.22. The molecule has 15 heavy (non-hydrogen) atoms. The van der Waals surface area contributed by atoms with Crippen LogP contribution < -0.4 is 11.1 Å². The third-order valence-electron chi connectivity index (χ3n) is 2.32. The van der Waals surface area contributed by atoms with Crippen molar-refractivity contribution >= 4 is 5.91 Å². The maximum absolute atomic E-state index is 11.5. The highest BCUT2D eigenvalue weighted by molar-refractivity contribution is 5.78. The zero-order valence-electron chi connectivity index (χ0n) is 9.59. The van der Waals surface area contributed by atoms with Gasteiger partial charge in [-0.2, -0.15) is 0 Å². The van der Waals surface area contributed by atoms with Gasteiger partial charge in [0.25, 0.3) is 0 Å². The van der Waals surface area contributed by atoms with E-state index in [1.165, 1.54) is 0 Å². The number of unbranched alkanes of at least 4 members (excludes halogenated alkanes) is 1. The van der Waals surface area contributed by atoms with Crippen LogP contribution in [0.15, 0.2) is 24.8 Å². The van der Waals surface area contributed by atoms with Crippen molar-refractivity contribution in [1.82, 2.24) is 5.32 Å². The second kappa shape index (κ2) is 8.24. The minimum Gasteiger partial charge on any atom is -0.352 e. The summed E-state index contributed by atoms with van der Waals surface area (Å²) < 4.78 is 0. The third-order valence-corrected chi connectivity index (χ3v) is 2.32. The molecule has 0 spiro atoms. The Labute approximate surface area is 92.4 Å². The summed E-state index contributed by atoms with van der Waals surface area (Å²) in [4.78, 5) is 11.5. The Morgan fingerprint density at radius 2 is 2.20 bits per heavy atom. The van der Waals surface area contributed by atoms with Gasteiger partial charge in [0.2, 0.25) is 5.91 Å². The van der Waals surface area contributed by atoms with Crippen molar-refractivity contribution in [3.8, 4) is 0 Å². The average Bonchev–Trinajstić information content (AvgIpc) is 2.25. The lowest BCUT2D eigenvalue weighted by atomic mass is 10.0. The number of nitrogens with one attached hydrogen (secondary N) is 1. The fourth-order valence-electron chi connectivity index (χ4n) is 1.17. The Hall–Kier alpha value is -1.09. The topological polar surface area (TPSA) is 55.1 Å². The molecule has 0 unspecified atom stereocenters. The van der Waals surface area contributed by atoms with E-state index in [4.69, 9.17) is 5.73 Å². The molecule has 1 atom stereocenters. The summed E-state index contributed by atoms with van der Waals surface area (Å²) in [6.45, 7) is 10.4. The number of rotatable bonds is 8. The van der Waals surface area contributed by atoms with Crippen molar-refractivity contribution in [3.63, 3.8) is 0 Å². The van der Waals surface area contributed by atoms with E-state index in [0.717, 1.165) is 24.8 Å². The third kappa shape index (κ3) is 6.91. The molecule has 0 aromatic rings. The first-order chi connectivity index (χ1) is 7.11. The Bertz CT molecular complexity index is 224. The lowest BCUT2D eigenvalue weighted by Crippen LogP contribution is -2.30. The van der Waals surface area contributed by atoms with Gasteiger partial charge >= 0.3 is 0 Å². The number of nitrogens with two attached hydrogens (primary N) is 1. The molecule has 3 heteroatoms. The molecule has 1 amide bonds. The van der Waals surface area contributed by atoms with Gasteiger partial charge in [-0.25, -0.2) is 0 Å². The van der Waals surface area contributed by atoms with Gasteiger partial charge in [-0.1, -0.05) is 32.6 Å². The standard InChI is InChI=1S/C12H22N2O/c1-4-10(2)9-14-12(15)11(3)7-5-6-8-13/h4,11H,1-2,5-9,13H2,3H3,(H,14,15)/t11-/m0/s1. The highest BCUT2D eigenvalue weighted by Crippen LogP contribution is 2.07. The molecular formula is C12H22N2O. The first kappa shape index (κ1) is 13.9. The van der Waals surface area contributed by atoms with Crippen molar-refractivity contribution in [3.05, 3.63) is 24.8 Å². The molecule has 0 aromatic carbocycles. The van der Waals surface area contributed by atoms with Crippen LogP contribution in [0.5, 0.6) is 0 Å². The van der Waals surface area contributed by atoms with Gasteiger partial charge in [0.15, 0.2) is 0 Å². The number of carbonyl (C=O) groups excluding carboxylic acids is 1. The molecule has 3 nitrogen and oxygen atoms in total. The number of carbonyl (C=O) groups is 1. The monoisotopic (exact) mass is 210 g/mol. The van der Waals surface area contributed by atoms with Gasteiger partial charge in [0.05, 0.1) is 0 Å². The maximum Gasteiger partial charge on any atom is 0.223 e. The van der Waals surface area contributed by atoms with Gasteiger partial charge in [-0.15, -0.1) is 0 Å². The highest BCUT2D eigenvalue weighted by Gasteiger charge is 2.11. The molecule has 0 aromatic heterocycles. The van der Waals surface area contributed by atoms with E-state index in [0.29, 0.717) is 13.1 Å². The molecule has 86 valence electrons. The molecule has 0 aliphatic rings. The fraction of sp³-hybridized carbons (Fsp3) is 0.583. The summed E-state index contributed by atoms with van der Waals surface area (Å²) in [7, 11) is 0. The van der Waals surface area contributed by atoms with Crippen LogP contribution in [-0.2, 0) is 4.79 Å². The van der Waals surface area contributed by atoms with E-state index in [9.17, 15) is 4.79 Å². The second-order valence-corrected chi connectivity index (χ2v) is 3.77. The van der Waals surface area contributed by atoms with Crippen molar-refractivity contribution in [2.45, 2.75) is 26.2 Å². The first-order valence-corrected chi connectivity index (χ1v) is 5.39. The Morgan fingerprint density at radius 3 is 2.73 bits per heavy atom. The minimum atomic E-state index is 0.0502. The largest absolute Gasteiger partial charge is 0.352 e. The zero-order chi connectivity index (χ0) is 11.7. The molecule has 0 aliphatic carbocycles. The summed E-state index contributed by atoms with van der Waals surface area (Å²) in [5.74, 6) is 0.129. The number of amides is 1. The Balaban J connectivity index is 3.69. The first-order valence-electron chi connectivity index (χ1n) is 5.39. The summed E-state index contributed by atoms with van der Waals surface area (Å²) in [5, 5.41) is 2.82. The predicted octanol–water partition coefficient (Wildman–Crippen LogP) is 1.61. The fourth-order valence-corrected chi connectivity index (χ4v) is 1.17. The Morgan fingerprint density at radius 1 is 1.53 bits per heavy atom. The molecular weight excluding hydrogens is 188 g/mol. The van der Waals surface area contributed by atoms with Crippen LogP contribution in [0.3, 0.4) is 0 Å². The minimum absolute atomic E-state index is 0.0502. The lowest BCUT2D eigenvalue weighted by Gasteiger charge is -2.11.